The Morgan fingerprint density at radius 2 is 1.88 bits per heavy atom. The van der Waals surface area contributed by atoms with E-state index in [9.17, 15) is 9.59 Å². The number of hydrogen-bond acceptors (Lipinski definition) is 4. The Labute approximate surface area is 157 Å². The maximum atomic E-state index is 12.7. The molecule has 1 saturated heterocycles. The molecular weight excluding hydrogens is 386 g/mol. The maximum absolute atomic E-state index is 12.7. The van der Waals surface area contributed by atoms with Crippen molar-refractivity contribution in [2.45, 2.75) is 45.3 Å². The van der Waals surface area contributed by atoms with E-state index in [4.69, 9.17) is 10.5 Å². The van der Waals surface area contributed by atoms with Gasteiger partial charge in [-0.1, -0.05) is 0 Å². The number of benzene rings is 1. The predicted octanol–water partition coefficient (Wildman–Crippen LogP) is 3.50. The van der Waals surface area contributed by atoms with Crippen LogP contribution in [0.15, 0.2) is 22.7 Å². The highest BCUT2D eigenvalue weighted by Gasteiger charge is 2.30. The second-order valence-corrected chi connectivity index (χ2v) is 8.21. The van der Waals surface area contributed by atoms with Gasteiger partial charge < -0.3 is 20.3 Å². The normalized spacial score (nSPS) is 15.8. The van der Waals surface area contributed by atoms with E-state index in [1.807, 2.05) is 25.7 Å². The first-order chi connectivity index (χ1) is 11.6. The van der Waals surface area contributed by atoms with Crippen molar-refractivity contribution >= 4 is 33.6 Å². The van der Waals surface area contributed by atoms with Crippen molar-refractivity contribution in [1.82, 2.24) is 9.80 Å². The Kier molecular flexibility index (Phi) is 5.98. The number of carbonyl (C=O) groups is 2. The Balaban J connectivity index is 1.95. The largest absolute Gasteiger partial charge is 0.444 e. The van der Waals surface area contributed by atoms with E-state index in [1.165, 1.54) is 0 Å². The number of halogens is 1. The maximum Gasteiger partial charge on any atom is 0.410 e. The van der Waals surface area contributed by atoms with Gasteiger partial charge in [-0.3, -0.25) is 4.79 Å². The smallest absolute Gasteiger partial charge is 0.410 e. The molecule has 0 aromatic heterocycles. The van der Waals surface area contributed by atoms with Crippen molar-refractivity contribution in [3.63, 3.8) is 0 Å². The van der Waals surface area contributed by atoms with Crippen molar-refractivity contribution < 1.29 is 14.3 Å². The van der Waals surface area contributed by atoms with Crippen LogP contribution in [0.5, 0.6) is 0 Å². The minimum Gasteiger partial charge on any atom is -0.444 e. The van der Waals surface area contributed by atoms with Gasteiger partial charge in [-0.05, 0) is 67.7 Å². The van der Waals surface area contributed by atoms with E-state index in [0.29, 0.717) is 28.8 Å². The van der Waals surface area contributed by atoms with Crippen molar-refractivity contribution in [3.05, 3.63) is 28.2 Å². The highest BCUT2D eigenvalue weighted by atomic mass is 79.9. The van der Waals surface area contributed by atoms with E-state index in [1.54, 1.807) is 30.1 Å². The van der Waals surface area contributed by atoms with Gasteiger partial charge in [0.1, 0.15) is 5.60 Å². The van der Waals surface area contributed by atoms with Crippen LogP contribution in [0.25, 0.3) is 0 Å². The fourth-order valence-corrected chi connectivity index (χ4v) is 3.38. The lowest BCUT2D eigenvalue weighted by Gasteiger charge is -2.37. The molecule has 138 valence electrons. The molecule has 2 amide bonds. The molecule has 25 heavy (non-hydrogen) atoms. The molecule has 1 aromatic carbocycles. The summed E-state index contributed by atoms with van der Waals surface area (Å²) in [6, 6.07) is 5.27. The molecule has 0 saturated carbocycles. The molecule has 0 spiro atoms. The van der Waals surface area contributed by atoms with Gasteiger partial charge in [0.15, 0.2) is 0 Å². The lowest BCUT2D eigenvalue weighted by atomic mass is 10.0. The minimum absolute atomic E-state index is 0.0229. The van der Waals surface area contributed by atoms with E-state index < -0.39 is 5.60 Å². The van der Waals surface area contributed by atoms with Gasteiger partial charge in [0.05, 0.1) is 5.56 Å². The average Bonchev–Trinajstić information content (AvgIpc) is 2.52. The number of carbonyl (C=O) groups excluding carboxylic acids is 2. The quantitative estimate of drug-likeness (QED) is 0.755. The molecule has 7 heteroatoms. The first kappa shape index (κ1) is 19.6. The molecular formula is C18H26BrN3O3. The van der Waals surface area contributed by atoms with Gasteiger partial charge in [-0.2, -0.15) is 0 Å². The molecule has 1 heterocycles. The Bertz CT molecular complexity index is 649. The van der Waals surface area contributed by atoms with Crippen LogP contribution < -0.4 is 5.73 Å². The van der Waals surface area contributed by atoms with Gasteiger partial charge in [-0.25, -0.2) is 4.79 Å². The second-order valence-electron chi connectivity index (χ2n) is 7.35. The van der Waals surface area contributed by atoms with E-state index in [-0.39, 0.29) is 18.0 Å². The highest BCUT2D eigenvalue weighted by molar-refractivity contribution is 9.10. The highest BCUT2D eigenvalue weighted by Crippen LogP contribution is 2.24. The van der Waals surface area contributed by atoms with Crippen molar-refractivity contribution in [1.29, 1.82) is 0 Å². The number of anilines is 1. The Morgan fingerprint density at radius 1 is 1.28 bits per heavy atom. The van der Waals surface area contributed by atoms with E-state index in [2.05, 4.69) is 15.9 Å². The number of amides is 2. The van der Waals surface area contributed by atoms with Crippen LogP contribution in [0.4, 0.5) is 10.5 Å². The summed E-state index contributed by atoms with van der Waals surface area (Å²) in [6.45, 7) is 6.76. The van der Waals surface area contributed by atoms with Crippen LogP contribution in [0, 0.1) is 0 Å². The summed E-state index contributed by atoms with van der Waals surface area (Å²) in [5.41, 5.74) is 6.43. The van der Waals surface area contributed by atoms with Crippen LogP contribution >= 0.6 is 15.9 Å². The summed E-state index contributed by atoms with van der Waals surface area (Å²) in [5, 5.41) is 0. The molecule has 2 N–H and O–H groups in total. The summed E-state index contributed by atoms with van der Waals surface area (Å²) in [4.78, 5) is 28.3. The monoisotopic (exact) mass is 411 g/mol. The van der Waals surface area contributed by atoms with Crippen molar-refractivity contribution in [2.75, 3.05) is 25.9 Å². The molecule has 0 radical (unpaired) electrons. The van der Waals surface area contributed by atoms with Crippen molar-refractivity contribution in [2.24, 2.45) is 0 Å². The van der Waals surface area contributed by atoms with Gasteiger partial charge in [-0.15, -0.1) is 0 Å². The van der Waals surface area contributed by atoms with Crippen LogP contribution in [0.2, 0.25) is 0 Å². The number of likely N-dealkylation sites (tertiary alicyclic amines) is 1. The molecule has 0 aliphatic carbocycles. The lowest BCUT2D eigenvalue weighted by molar-refractivity contribution is 0.0156. The number of nitrogens with zero attached hydrogens (tertiary/aromatic N) is 2. The van der Waals surface area contributed by atoms with Crippen molar-refractivity contribution in [3.8, 4) is 0 Å². The third-order valence-electron chi connectivity index (χ3n) is 4.20. The number of ether oxygens (including phenoxy) is 1. The zero-order chi connectivity index (χ0) is 18.8. The van der Waals surface area contributed by atoms with Crippen LogP contribution in [0.3, 0.4) is 0 Å². The average molecular weight is 412 g/mol. The fourth-order valence-electron chi connectivity index (χ4n) is 2.81. The van der Waals surface area contributed by atoms with Gasteiger partial charge in [0, 0.05) is 36.3 Å². The van der Waals surface area contributed by atoms with Crippen LogP contribution in [-0.2, 0) is 4.74 Å². The van der Waals surface area contributed by atoms with Gasteiger partial charge in [0.2, 0.25) is 0 Å². The SMILES string of the molecule is CN(C(=O)OC(C)(C)C)C1CCN(C(=O)c2ccc(N)cc2Br)CC1. The topological polar surface area (TPSA) is 75.9 Å². The third kappa shape index (κ3) is 5.11. The number of hydrogen-bond donors (Lipinski definition) is 1. The Morgan fingerprint density at radius 3 is 2.40 bits per heavy atom. The molecule has 1 aliphatic rings. The lowest BCUT2D eigenvalue weighted by Crippen LogP contribution is -2.48. The molecule has 6 nitrogen and oxygen atoms in total. The number of rotatable bonds is 2. The number of nitrogens with two attached hydrogens (primary N) is 1. The van der Waals surface area contributed by atoms with Crippen LogP contribution in [-0.4, -0.2) is 53.6 Å². The van der Waals surface area contributed by atoms with Gasteiger partial charge >= 0.3 is 6.09 Å². The summed E-state index contributed by atoms with van der Waals surface area (Å²) < 4.78 is 6.11. The van der Waals surface area contributed by atoms with E-state index in [0.717, 1.165) is 12.8 Å². The standard InChI is InChI=1S/C18H26BrN3O3/c1-18(2,3)25-17(24)21(4)13-7-9-22(10-8-13)16(23)14-6-5-12(20)11-15(14)19/h5-6,11,13H,7-10,20H2,1-4H3. The first-order valence-corrected chi connectivity index (χ1v) is 9.18. The number of nitrogen functional groups attached to an aromatic ring is 1. The Hall–Kier alpha value is -1.76. The molecule has 1 aliphatic heterocycles. The molecule has 0 atom stereocenters. The van der Waals surface area contributed by atoms with Crippen LogP contribution in [0.1, 0.15) is 44.0 Å². The molecule has 1 fully saturated rings. The molecule has 2 rings (SSSR count). The molecule has 0 unspecified atom stereocenters. The summed E-state index contributed by atoms with van der Waals surface area (Å²) in [7, 11) is 1.76. The third-order valence-corrected chi connectivity index (χ3v) is 4.86. The zero-order valence-electron chi connectivity index (χ0n) is 15.2. The predicted molar refractivity (Wildman–Crippen MR) is 101 cm³/mol. The van der Waals surface area contributed by atoms with E-state index >= 15 is 0 Å². The molecule has 1 aromatic rings. The first-order valence-electron chi connectivity index (χ1n) is 8.38. The van der Waals surface area contributed by atoms with Gasteiger partial charge in [0.25, 0.3) is 5.91 Å². The summed E-state index contributed by atoms with van der Waals surface area (Å²) in [6.07, 6.45) is 1.14. The summed E-state index contributed by atoms with van der Waals surface area (Å²) in [5.74, 6) is -0.0229. The zero-order valence-corrected chi connectivity index (χ0v) is 16.8. The second kappa shape index (κ2) is 7.64. The molecule has 0 bridgehead atoms. The fraction of sp³-hybridized carbons (Fsp3) is 0.556. The number of piperidine rings is 1. The summed E-state index contributed by atoms with van der Waals surface area (Å²) >= 11 is 3.40. The minimum atomic E-state index is -0.510.